The molecule has 0 radical (unpaired) electrons. The number of alkyl halides is 1. The highest BCUT2D eigenvalue weighted by Gasteiger charge is 2.08. The van der Waals surface area contributed by atoms with Crippen LogP contribution in [-0.2, 0) is 5.33 Å². The van der Waals surface area contributed by atoms with Crippen molar-refractivity contribution in [2.75, 3.05) is 0 Å². The fourth-order valence-electron chi connectivity index (χ4n) is 1.35. The maximum absolute atomic E-state index is 13.5. The summed E-state index contributed by atoms with van der Waals surface area (Å²) in [4.78, 5) is 3.90. The lowest BCUT2D eigenvalue weighted by molar-refractivity contribution is 0.616. The van der Waals surface area contributed by atoms with Gasteiger partial charge in [-0.1, -0.05) is 28.1 Å². The topological polar surface area (TPSA) is 17.8 Å². The Morgan fingerprint density at radius 2 is 2.29 bits per heavy atom. The molecule has 0 spiro atoms. The molecule has 0 unspecified atom stereocenters. The molecule has 0 saturated heterocycles. The first-order valence-electron chi connectivity index (χ1n) is 4.14. The van der Waals surface area contributed by atoms with Gasteiger partial charge < -0.3 is 4.57 Å². The van der Waals surface area contributed by atoms with Crippen molar-refractivity contribution in [2.45, 2.75) is 5.33 Å². The van der Waals surface area contributed by atoms with E-state index in [1.165, 1.54) is 6.07 Å². The highest BCUT2D eigenvalue weighted by molar-refractivity contribution is 9.08. The van der Waals surface area contributed by atoms with Crippen LogP contribution >= 0.6 is 15.9 Å². The minimum Gasteiger partial charge on any atom is -0.303 e. The molecule has 72 valence electrons. The highest BCUT2D eigenvalue weighted by Crippen LogP contribution is 2.20. The molecule has 0 atom stereocenters. The Kier molecular flexibility index (Phi) is 2.63. The average Bonchev–Trinajstić information content (AvgIpc) is 2.70. The van der Waals surface area contributed by atoms with Crippen LogP contribution in [0, 0.1) is 5.82 Å². The molecule has 0 N–H and O–H groups in total. The normalized spacial score (nSPS) is 10.4. The number of imidazole rings is 1. The second-order valence-corrected chi connectivity index (χ2v) is 3.41. The molecule has 0 aliphatic heterocycles. The van der Waals surface area contributed by atoms with Gasteiger partial charge in [0.25, 0.3) is 0 Å². The molecule has 0 aliphatic rings. The van der Waals surface area contributed by atoms with Crippen LogP contribution in [0.5, 0.6) is 0 Å². The zero-order valence-corrected chi connectivity index (χ0v) is 8.91. The van der Waals surface area contributed by atoms with Gasteiger partial charge in [-0.25, -0.2) is 9.37 Å². The van der Waals surface area contributed by atoms with E-state index in [1.54, 1.807) is 29.4 Å². The Balaban J connectivity index is 2.61. The molecule has 0 amide bonds. The molecule has 2 rings (SSSR count). The second-order valence-electron chi connectivity index (χ2n) is 2.85. The Morgan fingerprint density at radius 1 is 1.43 bits per heavy atom. The summed E-state index contributed by atoms with van der Waals surface area (Å²) in [6.45, 7) is 0. The van der Waals surface area contributed by atoms with Gasteiger partial charge in [0.1, 0.15) is 5.82 Å². The Morgan fingerprint density at radius 3 is 2.93 bits per heavy atom. The zero-order valence-electron chi connectivity index (χ0n) is 7.32. The van der Waals surface area contributed by atoms with E-state index >= 15 is 0 Å². The molecule has 4 heteroatoms. The third kappa shape index (κ3) is 1.57. The summed E-state index contributed by atoms with van der Waals surface area (Å²) in [6.07, 6.45) is 4.94. The molecule has 0 saturated carbocycles. The van der Waals surface area contributed by atoms with Crippen molar-refractivity contribution in [3.63, 3.8) is 0 Å². The number of para-hydroxylation sites is 1. The van der Waals surface area contributed by atoms with E-state index in [2.05, 4.69) is 20.9 Å². The van der Waals surface area contributed by atoms with Crippen molar-refractivity contribution >= 4 is 15.9 Å². The van der Waals surface area contributed by atoms with Crippen LogP contribution in [0.15, 0.2) is 36.9 Å². The van der Waals surface area contributed by atoms with E-state index in [9.17, 15) is 4.39 Å². The van der Waals surface area contributed by atoms with Crippen LogP contribution < -0.4 is 0 Å². The Hall–Kier alpha value is -1.16. The monoisotopic (exact) mass is 254 g/mol. The lowest BCUT2D eigenvalue weighted by Gasteiger charge is -2.08. The first-order valence-corrected chi connectivity index (χ1v) is 5.27. The fraction of sp³-hybridized carbons (Fsp3) is 0.100. The second kappa shape index (κ2) is 3.92. The number of nitrogens with zero attached hydrogens (tertiary/aromatic N) is 2. The third-order valence-electron chi connectivity index (χ3n) is 1.98. The number of hydrogen-bond donors (Lipinski definition) is 0. The molecular formula is C10H8BrFN2. The maximum atomic E-state index is 13.5. The summed E-state index contributed by atoms with van der Waals surface area (Å²) in [6, 6.07) is 5.03. The molecule has 0 aliphatic carbocycles. The molecular weight excluding hydrogens is 247 g/mol. The van der Waals surface area contributed by atoms with Crippen LogP contribution in [0.3, 0.4) is 0 Å². The van der Waals surface area contributed by atoms with Gasteiger partial charge >= 0.3 is 0 Å². The van der Waals surface area contributed by atoms with Gasteiger partial charge in [0.05, 0.1) is 12.0 Å². The molecule has 0 bridgehead atoms. The van der Waals surface area contributed by atoms with E-state index in [0.29, 0.717) is 11.0 Å². The smallest absolute Gasteiger partial charge is 0.147 e. The summed E-state index contributed by atoms with van der Waals surface area (Å²) in [5.74, 6) is -0.236. The van der Waals surface area contributed by atoms with Gasteiger partial charge in [0, 0.05) is 17.7 Å². The van der Waals surface area contributed by atoms with Crippen LogP contribution in [0.2, 0.25) is 0 Å². The molecule has 14 heavy (non-hydrogen) atoms. The van der Waals surface area contributed by atoms with Crippen molar-refractivity contribution in [1.82, 2.24) is 9.55 Å². The predicted octanol–water partition coefficient (Wildman–Crippen LogP) is 2.91. The van der Waals surface area contributed by atoms with E-state index in [0.717, 1.165) is 5.56 Å². The molecule has 1 aromatic carbocycles. The van der Waals surface area contributed by atoms with E-state index in [1.807, 2.05) is 6.07 Å². The van der Waals surface area contributed by atoms with Crippen molar-refractivity contribution in [3.05, 3.63) is 48.3 Å². The number of halogens is 2. The first-order chi connectivity index (χ1) is 6.83. The summed E-state index contributed by atoms with van der Waals surface area (Å²) in [5.41, 5.74) is 1.46. The van der Waals surface area contributed by atoms with Crippen molar-refractivity contribution in [3.8, 4) is 5.69 Å². The Labute approximate surface area is 89.5 Å². The van der Waals surface area contributed by atoms with Crippen molar-refractivity contribution in [2.24, 2.45) is 0 Å². The van der Waals surface area contributed by atoms with E-state index in [4.69, 9.17) is 0 Å². The number of hydrogen-bond acceptors (Lipinski definition) is 1. The molecule has 1 aromatic heterocycles. The largest absolute Gasteiger partial charge is 0.303 e. The van der Waals surface area contributed by atoms with Gasteiger partial charge in [-0.2, -0.15) is 0 Å². The van der Waals surface area contributed by atoms with Crippen LogP contribution in [-0.4, -0.2) is 9.55 Å². The number of aromatic nitrogens is 2. The van der Waals surface area contributed by atoms with Crippen LogP contribution in [0.4, 0.5) is 4.39 Å². The summed E-state index contributed by atoms with van der Waals surface area (Å²) < 4.78 is 15.2. The lowest BCUT2D eigenvalue weighted by Crippen LogP contribution is -1.99. The average molecular weight is 255 g/mol. The molecule has 1 heterocycles. The standard InChI is InChI=1S/C10H8BrFN2/c11-6-8-2-1-3-9(12)10(8)14-5-4-13-7-14/h1-5,7H,6H2. The van der Waals surface area contributed by atoms with E-state index in [-0.39, 0.29) is 5.82 Å². The number of benzene rings is 1. The Bertz CT molecular complexity index is 426. The summed E-state index contributed by atoms with van der Waals surface area (Å²) >= 11 is 3.33. The molecule has 0 fully saturated rings. The van der Waals surface area contributed by atoms with Gasteiger partial charge in [-0.3, -0.25) is 0 Å². The fourth-order valence-corrected chi connectivity index (χ4v) is 1.80. The van der Waals surface area contributed by atoms with E-state index < -0.39 is 0 Å². The van der Waals surface area contributed by atoms with Crippen molar-refractivity contribution < 1.29 is 4.39 Å². The minimum absolute atomic E-state index is 0.236. The van der Waals surface area contributed by atoms with Gasteiger partial charge in [0.2, 0.25) is 0 Å². The van der Waals surface area contributed by atoms with Gasteiger partial charge in [-0.15, -0.1) is 0 Å². The van der Waals surface area contributed by atoms with Crippen molar-refractivity contribution in [1.29, 1.82) is 0 Å². The molecule has 2 nitrogen and oxygen atoms in total. The first kappa shape index (κ1) is 9.40. The zero-order chi connectivity index (χ0) is 9.97. The predicted molar refractivity (Wildman–Crippen MR) is 56.2 cm³/mol. The minimum atomic E-state index is -0.236. The molecule has 2 aromatic rings. The number of rotatable bonds is 2. The summed E-state index contributed by atoms with van der Waals surface area (Å²) in [7, 11) is 0. The maximum Gasteiger partial charge on any atom is 0.147 e. The summed E-state index contributed by atoms with van der Waals surface area (Å²) in [5, 5.41) is 0.623. The third-order valence-corrected chi connectivity index (χ3v) is 2.58. The van der Waals surface area contributed by atoms with Crippen LogP contribution in [0.25, 0.3) is 5.69 Å². The van der Waals surface area contributed by atoms with Gasteiger partial charge in [-0.05, 0) is 11.6 Å². The van der Waals surface area contributed by atoms with Crippen LogP contribution in [0.1, 0.15) is 5.56 Å². The quantitative estimate of drug-likeness (QED) is 0.754. The highest BCUT2D eigenvalue weighted by atomic mass is 79.9. The lowest BCUT2D eigenvalue weighted by atomic mass is 10.2. The van der Waals surface area contributed by atoms with Gasteiger partial charge in [0.15, 0.2) is 0 Å². The SMILES string of the molecule is Fc1cccc(CBr)c1-n1ccnc1.